The third-order valence-electron chi connectivity index (χ3n) is 9.17. The molecule has 0 atom stereocenters. The standard InChI is InChI=1S/C34H40N2O12S2/c1-33(2)24-20-22(50(46,47)48)13-14-25(24)35(15-7-5-6-12-29(37)38)27(33)10-8-11-28-34(3,4)30-23(32(41)42)18-21(31(39)40)19-26(30)36(28)16-9-17-49(43,44)45/h8,10-11,13-14,18-20H,5-7,9,12,15-17H2,1-4H3,(H4-,37,38,39,40,41,42,43,44,45,46,47,48)/p+1. The Labute approximate surface area is 290 Å². The maximum Gasteiger partial charge on any atom is 0.336 e. The predicted molar refractivity (Wildman–Crippen MR) is 184 cm³/mol. The van der Waals surface area contributed by atoms with Crippen LogP contribution in [0.15, 0.2) is 59.2 Å². The highest BCUT2D eigenvalue weighted by Crippen LogP contribution is 2.50. The number of aromatic carboxylic acids is 2. The number of carboxylic acid groups (broad SMARTS) is 3. The molecule has 0 aromatic heterocycles. The van der Waals surface area contributed by atoms with E-state index in [1.165, 1.54) is 18.2 Å². The zero-order valence-electron chi connectivity index (χ0n) is 28.1. The summed E-state index contributed by atoms with van der Waals surface area (Å²) in [6, 6.07) is 6.77. The lowest BCUT2D eigenvalue weighted by Gasteiger charge is -2.27. The van der Waals surface area contributed by atoms with Crippen molar-refractivity contribution >= 4 is 55.2 Å². The third kappa shape index (κ3) is 7.98. The first-order chi connectivity index (χ1) is 23.1. The second kappa shape index (κ2) is 14.1. The van der Waals surface area contributed by atoms with E-state index in [1.807, 2.05) is 24.5 Å². The van der Waals surface area contributed by atoms with E-state index in [0.717, 1.165) is 11.8 Å². The van der Waals surface area contributed by atoms with Gasteiger partial charge in [-0.2, -0.15) is 21.4 Å². The Bertz CT molecular complexity index is 2060. The molecule has 0 spiro atoms. The lowest BCUT2D eigenvalue weighted by molar-refractivity contribution is -0.438. The van der Waals surface area contributed by atoms with Crippen LogP contribution in [0.5, 0.6) is 0 Å². The van der Waals surface area contributed by atoms with Gasteiger partial charge in [-0.25, -0.2) is 9.59 Å². The fraction of sp³-hybridized carbons (Fsp3) is 0.412. The zero-order chi connectivity index (χ0) is 37.4. The number of aliphatic carboxylic acids is 1. The van der Waals surface area contributed by atoms with Crippen LogP contribution in [0.3, 0.4) is 0 Å². The Hall–Kier alpha value is -4.38. The van der Waals surface area contributed by atoms with Gasteiger partial charge in [-0.05, 0) is 63.5 Å². The Kier molecular flexibility index (Phi) is 10.8. The molecule has 0 bridgehead atoms. The van der Waals surface area contributed by atoms with Crippen LogP contribution in [-0.4, -0.2) is 88.3 Å². The van der Waals surface area contributed by atoms with Crippen LogP contribution >= 0.6 is 0 Å². The molecule has 2 aromatic carbocycles. The number of carboxylic acids is 3. The highest BCUT2D eigenvalue weighted by atomic mass is 32.2. The van der Waals surface area contributed by atoms with Crippen molar-refractivity contribution in [3.8, 4) is 0 Å². The van der Waals surface area contributed by atoms with E-state index in [0.29, 0.717) is 48.3 Å². The van der Waals surface area contributed by atoms with Gasteiger partial charge in [-0.3, -0.25) is 13.9 Å². The third-order valence-corrected chi connectivity index (χ3v) is 10.8. The molecule has 0 saturated heterocycles. The molecule has 2 aliphatic heterocycles. The molecular weight excluding hydrogens is 693 g/mol. The van der Waals surface area contributed by atoms with E-state index in [4.69, 9.17) is 5.11 Å². The molecule has 14 nitrogen and oxygen atoms in total. The Morgan fingerprint density at radius 1 is 0.860 bits per heavy atom. The van der Waals surface area contributed by atoms with Crippen LogP contribution in [0.2, 0.25) is 0 Å². The average Bonchev–Trinajstić information content (AvgIpc) is 3.33. The second-order valence-electron chi connectivity index (χ2n) is 13.4. The molecule has 16 heteroatoms. The fourth-order valence-corrected chi connectivity index (χ4v) is 7.84. The van der Waals surface area contributed by atoms with Crippen molar-refractivity contribution in [1.29, 1.82) is 0 Å². The summed E-state index contributed by atoms with van der Waals surface area (Å²) in [5.41, 5.74) is 0.984. The van der Waals surface area contributed by atoms with Crippen LogP contribution in [-0.2, 0) is 35.9 Å². The van der Waals surface area contributed by atoms with Gasteiger partial charge in [0.2, 0.25) is 5.69 Å². The van der Waals surface area contributed by atoms with Crippen LogP contribution in [0.1, 0.15) is 91.6 Å². The first-order valence-electron chi connectivity index (χ1n) is 15.8. The molecular formula is C34H41N2O12S2+. The van der Waals surface area contributed by atoms with Crippen molar-refractivity contribution in [2.75, 3.05) is 23.7 Å². The van der Waals surface area contributed by atoms with Gasteiger partial charge in [0.05, 0.1) is 27.2 Å². The molecule has 0 fully saturated rings. The van der Waals surface area contributed by atoms with Crippen LogP contribution in [0.25, 0.3) is 0 Å². The normalized spacial score (nSPS) is 17.4. The van der Waals surface area contributed by atoms with E-state index >= 15 is 0 Å². The van der Waals surface area contributed by atoms with Gasteiger partial charge in [0.1, 0.15) is 6.54 Å². The molecule has 4 rings (SSSR count). The number of unbranched alkanes of at least 4 members (excludes halogenated alkanes) is 2. The number of nitrogens with zero attached hydrogens (tertiary/aromatic N) is 2. The van der Waals surface area contributed by atoms with Gasteiger partial charge < -0.3 is 20.2 Å². The monoisotopic (exact) mass is 733 g/mol. The molecule has 270 valence electrons. The average molecular weight is 734 g/mol. The quantitative estimate of drug-likeness (QED) is 0.0937. The van der Waals surface area contributed by atoms with E-state index in [-0.39, 0.29) is 41.1 Å². The molecule has 5 N–H and O–H groups in total. The molecule has 50 heavy (non-hydrogen) atoms. The summed E-state index contributed by atoms with van der Waals surface area (Å²) in [7, 11) is -8.82. The van der Waals surface area contributed by atoms with E-state index < -0.39 is 54.7 Å². The minimum absolute atomic E-state index is 0.00636. The number of fused-ring (bicyclic) bond motifs is 2. The van der Waals surface area contributed by atoms with Gasteiger partial charge in [0.15, 0.2) is 5.71 Å². The number of anilines is 1. The molecule has 2 heterocycles. The smallest absolute Gasteiger partial charge is 0.336 e. The first kappa shape index (κ1) is 38.4. The summed E-state index contributed by atoms with van der Waals surface area (Å²) < 4.78 is 68.2. The highest BCUT2D eigenvalue weighted by Gasteiger charge is 2.46. The number of allylic oxidation sites excluding steroid dienone is 4. The summed E-state index contributed by atoms with van der Waals surface area (Å²) in [5.74, 6) is -4.15. The van der Waals surface area contributed by atoms with Crippen molar-refractivity contribution in [2.24, 2.45) is 0 Å². The van der Waals surface area contributed by atoms with E-state index in [9.17, 15) is 50.5 Å². The zero-order valence-corrected chi connectivity index (χ0v) is 29.7. The second-order valence-corrected chi connectivity index (χ2v) is 16.4. The SMILES string of the molecule is CC1(C)C(C=CC=C2N(CCCS(=O)(=O)O)c3cc(C(=O)O)cc(C(=O)O)c3C2(C)C)=[N+](CCCCCC(=O)O)c2ccc(S(=O)(=O)O)cc21. The number of rotatable bonds is 15. The number of hydrogen-bond acceptors (Lipinski definition) is 8. The number of benzene rings is 2. The minimum Gasteiger partial charge on any atom is -0.481 e. The maximum atomic E-state index is 12.4. The first-order valence-corrected chi connectivity index (χ1v) is 18.9. The summed E-state index contributed by atoms with van der Waals surface area (Å²) in [4.78, 5) is 36.7. The largest absolute Gasteiger partial charge is 0.481 e. The molecule has 2 aromatic rings. The summed E-state index contributed by atoms with van der Waals surface area (Å²) in [6.07, 6.45) is 6.95. The highest BCUT2D eigenvalue weighted by molar-refractivity contribution is 7.86. The van der Waals surface area contributed by atoms with E-state index in [1.54, 1.807) is 37.0 Å². The van der Waals surface area contributed by atoms with Gasteiger partial charge in [0.25, 0.3) is 20.2 Å². The summed E-state index contributed by atoms with van der Waals surface area (Å²) in [6.45, 7) is 7.79. The lowest BCUT2D eigenvalue weighted by Crippen LogP contribution is -2.29. The van der Waals surface area contributed by atoms with Crippen LogP contribution in [0, 0.1) is 0 Å². The topological polar surface area (TPSA) is 227 Å². The minimum atomic E-state index is -4.50. The van der Waals surface area contributed by atoms with Crippen molar-refractivity contribution in [3.05, 3.63) is 76.5 Å². The lowest BCUT2D eigenvalue weighted by atomic mass is 9.80. The predicted octanol–water partition coefficient (Wildman–Crippen LogP) is 4.87. The molecule has 0 saturated carbocycles. The molecule has 0 unspecified atom stereocenters. The van der Waals surface area contributed by atoms with Gasteiger partial charge >= 0.3 is 17.9 Å². The van der Waals surface area contributed by atoms with Gasteiger partial charge in [-0.15, -0.1) is 0 Å². The van der Waals surface area contributed by atoms with Gasteiger partial charge in [0, 0.05) is 59.5 Å². The Morgan fingerprint density at radius 2 is 1.54 bits per heavy atom. The van der Waals surface area contributed by atoms with Crippen LogP contribution < -0.4 is 4.90 Å². The van der Waals surface area contributed by atoms with Crippen molar-refractivity contribution < 1.29 is 60.2 Å². The van der Waals surface area contributed by atoms with Crippen molar-refractivity contribution in [2.45, 2.75) is 75.5 Å². The Balaban J connectivity index is 1.84. The van der Waals surface area contributed by atoms with Crippen LogP contribution in [0.4, 0.5) is 11.4 Å². The van der Waals surface area contributed by atoms with Crippen molar-refractivity contribution in [3.63, 3.8) is 0 Å². The maximum absolute atomic E-state index is 12.4. The van der Waals surface area contributed by atoms with E-state index in [2.05, 4.69) is 0 Å². The van der Waals surface area contributed by atoms with Gasteiger partial charge in [-0.1, -0.05) is 19.9 Å². The molecule has 0 aliphatic carbocycles. The summed E-state index contributed by atoms with van der Waals surface area (Å²) >= 11 is 0. The summed E-state index contributed by atoms with van der Waals surface area (Å²) in [5, 5.41) is 28.9. The molecule has 0 amide bonds. The van der Waals surface area contributed by atoms with Crippen molar-refractivity contribution in [1.82, 2.24) is 0 Å². The molecule has 0 radical (unpaired) electrons. The fourth-order valence-electron chi connectivity index (χ4n) is 6.84. The molecule has 2 aliphatic rings. The number of hydrogen-bond donors (Lipinski definition) is 5. The Morgan fingerprint density at radius 3 is 2.12 bits per heavy atom. The number of carbonyl (C=O) groups is 3.